The number of fused-ring (bicyclic) bond motifs is 3. The van der Waals surface area contributed by atoms with Crippen LogP contribution in [0.1, 0.15) is 47.8 Å². The molecule has 0 aliphatic carbocycles. The topological polar surface area (TPSA) is 76.7 Å². The van der Waals surface area contributed by atoms with Gasteiger partial charge in [0.15, 0.2) is 0 Å². The van der Waals surface area contributed by atoms with Crippen LogP contribution < -0.4 is 15.4 Å². The Morgan fingerprint density at radius 3 is 2.71 bits per heavy atom. The number of carbonyl (C=O) groups excluding carboxylic acids is 2. The fourth-order valence-electron chi connectivity index (χ4n) is 3.72. The normalized spacial score (nSPS) is 12.6. The molecule has 0 fully saturated rings. The van der Waals surface area contributed by atoms with Gasteiger partial charge in [-0.2, -0.15) is 0 Å². The summed E-state index contributed by atoms with van der Waals surface area (Å²) >= 11 is 5.20. The van der Waals surface area contributed by atoms with Crippen LogP contribution in [0.3, 0.4) is 0 Å². The number of halogens is 1. The number of thiophene rings is 1. The number of amides is 2. The Morgan fingerprint density at radius 2 is 1.97 bits per heavy atom. The number of aryl methyl sites for hydroxylation is 1. The first-order valence-corrected chi connectivity index (χ1v) is 12.7. The van der Waals surface area contributed by atoms with Gasteiger partial charge in [-0.3, -0.25) is 4.79 Å². The Balaban J connectivity index is 1.49. The van der Waals surface area contributed by atoms with E-state index in [9.17, 15) is 9.59 Å². The molecule has 0 atom stereocenters. The summed E-state index contributed by atoms with van der Waals surface area (Å²) in [5.41, 5.74) is 4.69. The predicted octanol–water partition coefficient (Wildman–Crippen LogP) is 6.70. The lowest BCUT2D eigenvalue weighted by molar-refractivity contribution is 0.0523. The molecule has 0 radical (unpaired) electrons. The fourth-order valence-corrected chi connectivity index (χ4v) is 5.20. The van der Waals surface area contributed by atoms with Crippen molar-refractivity contribution in [2.75, 3.05) is 11.9 Å². The molecule has 2 N–H and O–H groups in total. The van der Waals surface area contributed by atoms with E-state index in [0.717, 1.165) is 33.7 Å². The molecule has 2 aromatic carbocycles. The number of hydrogen-bond acceptors (Lipinski definition) is 5. The number of nitrogens with one attached hydrogen (secondary N) is 2. The molecule has 1 aliphatic heterocycles. The molecule has 2 amide bonds. The van der Waals surface area contributed by atoms with E-state index >= 15 is 0 Å². The first-order chi connectivity index (χ1) is 16.1. The Labute approximate surface area is 211 Å². The van der Waals surface area contributed by atoms with E-state index in [-0.39, 0.29) is 5.91 Å². The van der Waals surface area contributed by atoms with Crippen LogP contribution >= 0.6 is 27.3 Å². The Kier molecular flexibility index (Phi) is 7.00. The van der Waals surface area contributed by atoms with Gasteiger partial charge in [-0.25, -0.2) is 4.79 Å². The van der Waals surface area contributed by atoms with E-state index in [1.54, 1.807) is 11.3 Å². The van der Waals surface area contributed by atoms with Gasteiger partial charge in [0.05, 0.1) is 12.2 Å². The zero-order valence-corrected chi connectivity index (χ0v) is 22.0. The van der Waals surface area contributed by atoms with E-state index < -0.39 is 11.7 Å². The Bertz CT molecular complexity index is 1250. The zero-order chi connectivity index (χ0) is 24.5. The number of rotatable bonds is 4. The monoisotopic (exact) mass is 542 g/mol. The highest BCUT2D eigenvalue weighted by molar-refractivity contribution is 9.10. The third-order valence-corrected chi connectivity index (χ3v) is 6.96. The summed E-state index contributed by atoms with van der Waals surface area (Å²) in [7, 11) is 0. The van der Waals surface area contributed by atoms with E-state index in [2.05, 4.69) is 38.0 Å². The van der Waals surface area contributed by atoms with Gasteiger partial charge in [-0.05, 0) is 90.0 Å². The van der Waals surface area contributed by atoms with Crippen LogP contribution in [0, 0.1) is 6.92 Å². The van der Waals surface area contributed by atoms with Gasteiger partial charge in [-0.1, -0.05) is 12.1 Å². The molecule has 1 aliphatic rings. The highest BCUT2D eigenvalue weighted by Gasteiger charge is 2.22. The van der Waals surface area contributed by atoms with Gasteiger partial charge in [0.25, 0.3) is 5.91 Å². The van der Waals surface area contributed by atoms with E-state index in [1.165, 1.54) is 5.56 Å². The minimum Gasteiger partial charge on any atom is -0.493 e. The average Bonchev–Trinajstić information content (AvgIpc) is 3.14. The first-order valence-electron chi connectivity index (χ1n) is 11.0. The summed E-state index contributed by atoms with van der Waals surface area (Å²) < 4.78 is 11.9. The van der Waals surface area contributed by atoms with E-state index in [4.69, 9.17) is 9.47 Å². The third kappa shape index (κ3) is 5.62. The highest BCUT2D eigenvalue weighted by Crippen LogP contribution is 2.41. The van der Waals surface area contributed by atoms with Gasteiger partial charge in [-0.15, -0.1) is 11.3 Å². The molecule has 2 heterocycles. The molecule has 0 spiro atoms. The number of benzene rings is 2. The molecule has 34 heavy (non-hydrogen) atoms. The Hall–Kier alpha value is -2.84. The number of alkyl carbamates (subject to hydrolysis) is 1. The van der Waals surface area contributed by atoms with Crippen molar-refractivity contribution < 1.29 is 19.1 Å². The average molecular weight is 543 g/mol. The molecular weight excluding hydrogens is 516 g/mol. The third-order valence-electron chi connectivity index (χ3n) is 5.31. The van der Waals surface area contributed by atoms with Gasteiger partial charge in [0.2, 0.25) is 0 Å². The molecule has 0 bridgehead atoms. The summed E-state index contributed by atoms with van der Waals surface area (Å²) in [6.45, 7) is 8.34. The number of anilines is 1. The molecule has 4 rings (SSSR count). The molecule has 3 aromatic rings. The lowest BCUT2D eigenvalue weighted by Gasteiger charge is -2.19. The van der Waals surface area contributed by atoms with Gasteiger partial charge in [0.1, 0.15) is 11.4 Å². The summed E-state index contributed by atoms with van der Waals surface area (Å²) in [5.74, 6) is 0.572. The van der Waals surface area contributed by atoms with Crippen molar-refractivity contribution in [3.63, 3.8) is 0 Å². The van der Waals surface area contributed by atoms with Crippen molar-refractivity contribution in [3.05, 3.63) is 68.5 Å². The SMILES string of the molecule is Cc1cc(CNC(=O)OC(C)(C)C)ccc1NC(=O)c1cc2c(cc1Br)OCCc1ccsc1-2. The van der Waals surface area contributed by atoms with E-state index in [1.807, 2.05) is 58.0 Å². The second kappa shape index (κ2) is 9.80. The maximum absolute atomic E-state index is 13.2. The summed E-state index contributed by atoms with van der Waals surface area (Å²) in [6, 6.07) is 11.5. The van der Waals surface area contributed by atoms with Crippen LogP contribution in [0.2, 0.25) is 0 Å². The molecule has 0 saturated heterocycles. The predicted molar refractivity (Wildman–Crippen MR) is 139 cm³/mol. The summed E-state index contributed by atoms with van der Waals surface area (Å²) in [5, 5.41) is 7.84. The lowest BCUT2D eigenvalue weighted by Crippen LogP contribution is -2.32. The summed E-state index contributed by atoms with van der Waals surface area (Å²) in [4.78, 5) is 26.2. The second-order valence-corrected chi connectivity index (χ2v) is 10.9. The molecule has 0 saturated carbocycles. The van der Waals surface area contributed by atoms with Crippen molar-refractivity contribution >= 4 is 45.0 Å². The quantitative estimate of drug-likeness (QED) is 0.384. The van der Waals surface area contributed by atoms with Crippen LogP contribution in [-0.4, -0.2) is 24.2 Å². The number of carbonyl (C=O) groups is 2. The van der Waals surface area contributed by atoms with Crippen molar-refractivity contribution in [2.45, 2.75) is 46.3 Å². The molecule has 8 heteroatoms. The Morgan fingerprint density at radius 1 is 1.18 bits per heavy atom. The highest BCUT2D eigenvalue weighted by atomic mass is 79.9. The largest absolute Gasteiger partial charge is 0.493 e. The van der Waals surface area contributed by atoms with Crippen LogP contribution in [0.25, 0.3) is 10.4 Å². The summed E-state index contributed by atoms with van der Waals surface area (Å²) in [6.07, 6.45) is 0.384. The molecule has 1 aromatic heterocycles. The lowest BCUT2D eigenvalue weighted by atomic mass is 10.0. The maximum atomic E-state index is 13.2. The number of hydrogen-bond donors (Lipinski definition) is 2. The fraction of sp³-hybridized carbons (Fsp3) is 0.308. The van der Waals surface area contributed by atoms with Gasteiger partial charge in [0, 0.05) is 33.6 Å². The molecule has 6 nitrogen and oxygen atoms in total. The standard InChI is InChI=1S/C26H27BrN2O4S/c1-15-11-16(14-28-25(31)33-26(2,3)4)5-6-21(15)29-24(30)18-12-19-22(13-20(18)27)32-9-7-17-8-10-34-23(17)19/h5-6,8,10-13H,7,9,14H2,1-4H3,(H,28,31)(H,29,30). The second-order valence-electron chi connectivity index (χ2n) is 9.16. The van der Waals surface area contributed by atoms with Gasteiger partial charge >= 0.3 is 6.09 Å². The molecule has 178 valence electrons. The minimum absolute atomic E-state index is 0.209. The molecule has 0 unspecified atom stereocenters. The minimum atomic E-state index is -0.546. The van der Waals surface area contributed by atoms with Crippen LogP contribution in [-0.2, 0) is 17.7 Å². The van der Waals surface area contributed by atoms with Crippen molar-refractivity contribution in [1.29, 1.82) is 0 Å². The number of ether oxygens (including phenoxy) is 2. The smallest absolute Gasteiger partial charge is 0.407 e. The van der Waals surface area contributed by atoms with Crippen molar-refractivity contribution in [3.8, 4) is 16.2 Å². The van der Waals surface area contributed by atoms with Crippen LogP contribution in [0.5, 0.6) is 5.75 Å². The molecular formula is C26H27BrN2O4S. The van der Waals surface area contributed by atoms with Crippen molar-refractivity contribution in [2.24, 2.45) is 0 Å². The van der Waals surface area contributed by atoms with Gasteiger partial charge < -0.3 is 20.1 Å². The zero-order valence-electron chi connectivity index (χ0n) is 19.6. The van der Waals surface area contributed by atoms with Crippen LogP contribution in [0.15, 0.2) is 46.3 Å². The first kappa shape index (κ1) is 24.3. The maximum Gasteiger partial charge on any atom is 0.407 e. The van der Waals surface area contributed by atoms with Crippen LogP contribution in [0.4, 0.5) is 10.5 Å². The van der Waals surface area contributed by atoms with Crippen molar-refractivity contribution in [1.82, 2.24) is 5.32 Å². The van der Waals surface area contributed by atoms with E-state index in [0.29, 0.717) is 28.9 Å².